The molecule has 0 aliphatic heterocycles. The van der Waals surface area contributed by atoms with E-state index in [9.17, 15) is 4.79 Å². The molecule has 0 aromatic carbocycles. The third-order valence-corrected chi connectivity index (χ3v) is 1.82. The van der Waals surface area contributed by atoms with Crippen LogP contribution in [0.25, 0.3) is 0 Å². The second kappa shape index (κ2) is 5.34. The Bertz CT molecular complexity index is 312. The fourth-order valence-electron chi connectivity index (χ4n) is 1.14. The molecule has 1 rings (SSSR count). The summed E-state index contributed by atoms with van der Waals surface area (Å²) in [6, 6.07) is 1.69. The molecule has 4 heteroatoms. The fraction of sp³-hybridized carbons (Fsp3) is 0.400. The van der Waals surface area contributed by atoms with E-state index in [-0.39, 0.29) is 19.0 Å². The minimum atomic E-state index is -0.296. The Morgan fingerprint density at radius 1 is 1.57 bits per heavy atom. The number of aliphatic hydroxyl groups excluding tert-OH is 1. The van der Waals surface area contributed by atoms with Gasteiger partial charge in [0.1, 0.15) is 0 Å². The molecule has 0 bridgehead atoms. The average molecular weight is 195 g/mol. The Hall–Kier alpha value is -1.42. The Labute approximate surface area is 82.5 Å². The molecule has 0 amide bonds. The lowest BCUT2D eigenvalue weighted by molar-refractivity contribution is -0.142. The van der Waals surface area contributed by atoms with Crippen molar-refractivity contribution in [3.8, 4) is 0 Å². The van der Waals surface area contributed by atoms with Crippen LogP contribution in [0.1, 0.15) is 18.1 Å². The van der Waals surface area contributed by atoms with Crippen LogP contribution in [0.3, 0.4) is 0 Å². The van der Waals surface area contributed by atoms with E-state index in [4.69, 9.17) is 9.84 Å². The van der Waals surface area contributed by atoms with Gasteiger partial charge < -0.3 is 9.84 Å². The van der Waals surface area contributed by atoms with Gasteiger partial charge in [-0.25, -0.2) is 0 Å². The summed E-state index contributed by atoms with van der Waals surface area (Å²) in [5.74, 6) is -0.296. The Morgan fingerprint density at radius 2 is 2.36 bits per heavy atom. The summed E-state index contributed by atoms with van der Waals surface area (Å²) in [6.07, 6.45) is 3.32. The molecule has 1 N–H and O–H groups in total. The minimum absolute atomic E-state index is 0.0861. The smallest absolute Gasteiger partial charge is 0.310 e. The lowest BCUT2D eigenvalue weighted by Crippen LogP contribution is -2.09. The van der Waals surface area contributed by atoms with Crippen molar-refractivity contribution in [3.05, 3.63) is 29.6 Å². The molecule has 0 aliphatic rings. The number of aromatic nitrogens is 1. The van der Waals surface area contributed by atoms with E-state index in [0.29, 0.717) is 17.7 Å². The van der Waals surface area contributed by atoms with Crippen LogP contribution < -0.4 is 0 Å². The van der Waals surface area contributed by atoms with Crippen molar-refractivity contribution in [2.75, 3.05) is 6.61 Å². The zero-order chi connectivity index (χ0) is 10.4. The topological polar surface area (TPSA) is 59.4 Å². The number of pyridine rings is 1. The highest BCUT2D eigenvalue weighted by Gasteiger charge is 2.07. The van der Waals surface area contributed by atoms with E-state index in [1.165, 1.54) is 0 Å². The molecule has 0 spiro atoms. The predicted molar refractivity (Wildman–Crippen MR) is 50.5 cm³/mol. The Balaban J connectivity index is 2.70. The first-order valence-corrected chi connectivity index (χ1v) is 4.46. The van der Waals surface area contributed by atoms with Crippen molar-refractivity contribution in [1.82, 2.24) is 4.98 Å². The van der Waals surface area contributed by atoms with Crippen molar-refractivity contribution >= 4 is 5.97 Å². The molecular weight excluding hydrogens is 182 g/mol. The van der Waals surface area contributed by atoms with E-state index in [1.54, 1.807) is 25.4 Å². The first kappa shape index (κ1) is 10.7. The minimum Gasteiger partial charge on any atom is -0.466 e. The second-order valence-corrected chi connectivity index (χ2v) is 2.78. The molecule has 1 aromatic rings. The quantitative estimate of drug-likeness (QED) is 0.718. The van der Waals surface area contributed by atoms with Crippen molar-refractivity contribution < 1.29 is 14.6 Å². The number of aliphatic hydroxyl groups is 1. The van der Waals surface area contributed by atoms with Gasteiger partial charge in [0.25, 0.3) is 0 Å². The Kier molecular flexibility index (Phi) is 4.07. The first-order chi connectivity index (χ1) is 6.77. The summed E-state index contributed by atoms with van der Waals surface area (Å²) >= 11 is 0. The normalized spacial score (nSPS) is 9.86. The average Bonchev–Trinajstić information content (AvgIpc) is 2.19. The Morgan fingerprint density at radius 3 is 3.00 bits per heavy atom. The molecule has 0 aliphatic carbocycles. The number of rotatable bonds is 4. The van der Waals surface area contributed by atoms with Gasteiger partial charge in [0.05, 0.1) is 19.6 Å². The van der Waals surface area contributed by atoms with Crippen molar-refractivity contribution in [2.45, 2.75) is 20.0 Å². The number of hydrogen-bond acceptors (Lipinski definition) is 4. The monoisotopic (exact) mass is 195 g/mol. The summed E-state index contributed by atoms with van der Waals surface area (Å²) in [7, 11) is 0. The van der Waals surface area contributed by atoms with Crippen molar-refractivity contribution in [2.24, 2.45) is 0 Å². The molecule has 0 saturated carbocycles. The second-order valence-electron chi connectivity index (χ2n) is 2.78. The van der Waals surface area contributed by atoms with Gasteiger partial charge in [-0.3, -0.25) is 9.78 Å². The summed E-state index contributed by atoms with van der Waals surface area (Å²) in [5.41, 5.74) is 1.43. The van der Waals surface area contributed by atoms with Crippen LogP contribution in [0.15, 0.2) is 18.5 Å². The van der Waals surface area contributed by atoms with Crippen LogP contribution in [-0.2, 0) is 22.6 Å². The fourth-order valence-corrected chi connectivity index (χ4v) is 1.14. The standard InChI is InChI=1S/C10H13NO3/c1-2-14-10(13)5-9-6-11-4-3-8(9)7-12/h3-4,6,12H,2,5,7H2,1H3. The van der Waals surface area contributed by atoms with Crippen molar-refractivity contribution in [3.63, 3.8) is 0 Å². The summed E-state index contributed by atoms with van der Waals surface area (Å²) < 4.78 is 4.80. The van der Waals surface area contributed by atoms with Gasteiger partial charge in [-0.15, -0.1) is 0 Å². The highest BCUT2D eigenvalue weighted by molar-refractivity contribution is 5.72. The summed E-state index contributed by atoms with van der Waals surface area (Å²) in [4.78, 5) is 15.0. The van der Waals surface area contributed by atoms with Gasteiger partial charge in [0.15, 0.2) is 0 Å². The van der Waals surface area contributed by atoms with Crippen molar-refractivity contribution in [1.29, 1.82) is 0 Å². The molecule has 1 heterocycles. The first-order valence-electron chi connectivity index (χ1n) is 4.46. The number of hydrogen-bond donors (Lipinski definition) is 1. The molecule has 0 saturated heterocycles. The van der Waals surface area contributed by atoms with E-state index in [2.05, 4.69) is 4.98 Å². The highest BCUT2D eigenvalue weighted by Crippen LogP contribution is 2.08. The number of ether oxygens (including phenoxy) is 1. The molecule has 0 atom stereocenters. The summed E-state index contributed by atoms with van der Waals surface area (Å²) in [5, 5.41) is 8.98. The molecule has 4 nitrogen and oxygen atoms in total. The van der Waals surface area contributed by atoms with Crippen LogP contribution in [0, 0.1) is 0 Å². The molecule has 0 radical (unpaired) electrons. The largest absolute Gasteiger partial charge is 0.466 e. The van der Waals surface area contributed by atoms with E-state index in [0.717, 1.165) is 0 Å². The molecule has 1 aromatic heterocycles. The zero-order valence-electron chi connectivity index (χ0n) is 8.06. The SMILES string of the molecule is CCOC(=O)Cc1cnccc1CO. The molecule has 14 heavy (non-hydrogen) atoms. The molecule has 0 unspecified atom stereocenters. The van der Waals surface area contributed by atoms with Crippen LogP contribution in [0.2, 0.25) is 0 Å². The van der Waals surface area contributed by atoms with Gasteiger partial charge >= 0.3 is 5.97 Å². The van der Waals surface area contributed by atoms with Gasteiger partial charge in [0, 0.05) is 12.4 Å². The summed E-state index contributed by atoms with van der Waals surface area (Å²) in [6.45, 7) is 2.04. The maximum absolute atomic E-state index is 11.1. The third-order valence-electron chi connectivity index (χ3n) is 1.82. The van der Waals surface area contributed by atoms with E-state index >= 15 is 0 Å². The highest BCUT2D eigenvalue weighted by atomic mass is 16.5. The van der Waals surface area contributed by atoms with Crippen LogP contribution in [0.4, 0.5) is 0 Å². The van der Waals surface area contributed by atoms with Crippen LogP contribution in [-0.4, -0.2) is 22.7 Å². The molecule has 76 valence electrons. The molecular formula is C10H13NO3. The maximum atomic E-state index is 11.1. The number of carbonyl (C=O) groups excluding carboxylic acids is 1. The predicted octanol–water partition coefficient (Wildman–Crippen LogP) is 0.680. The van der Waals surface area contributed by atoms with E-state index < -0.39 is 0 Å². The lowest BCUT2D eigenvalue weighted by Gasteiger charge is -2.05. The lowest BCUT2D eigenvalue weighted by atomic mass is 10.1. The maximum Gasteiger partial charge on any atom is 0.310 e. The van der Waals surface area contributed by atoms with E-state index in [1.807, 2.05) is 0 Å². The van der Waals surface area contributed by atoms with Gasteiger partial charge in [0.2, 0.25) is 0 Å². The van der Waals surface area contributed by atoms with Crippen LogP contribution >= 0.6 is 0 Å². The molecule has 0 fully saturated rings. The number of esters is 1. The van der Waals surface area contributed by atoms with Crippen LogP contribution in [0.5, 0.6) is 0 Å². The van der Waals surface area contributed by atoms with Gasteiger partial charge in [-0.05, 0) is 24.1 Å². The number of carbonyl (C=O) groups is 1. The van der Waals surface area contributed by atoms with Gasteiger partial charge in [-0.1, -0.05) is 0 Å². The number of nitrogens with zero attached hydrogens (tertiary/aromatic N) is 1. The van der Waals surface area contributed by atoms with Gasteiger partial charge in [-0.2, -0.15) is 0 Å². The zero-order valence-corrected chi connectivity index (χ0v) is 8.06. The third kappa shape index (κ3) is 2.81.